The van der Waals surface area contributed by atoms with Crippen LogP contribution < -0.4 is 26.3 Å². The van der Waals surface area contributed by atoms with Crippen LogP contribution in [-0.4, -0.2) is 35.9 Å². The van der Waals surface area contributed by atoms with Crippen LogP contribution in [0.15, 0.2) is 48.8 Å². The summed E-state index contributed by atoms with van der Waals surface area (Å²) < 4.78 is 15.7. The van der Waals surface area contributed by atoms with Gasteiger partial charge in [-0.15, -0.1) is 0 Å². The summed E-state index contributed by atoms with van der Waals surface area (Å²) in [5.41, 5.74) is 12.4. The smallest absolute Gasteiger partial charge is 0.407 e. The molecule has 192 valence electrons. The van der Waals surface area contributed by atoms with Gasteiger partial charge in [-0.1, -0.05) is 0 Å². The lowest BCUT2D eigenvalue weighted by molar-refractivity contribution is 0.0523. The minimum atomic E-state index is -0.530. The van der Waals surface area contributed by atoms with Crippen molar-refractivity contribution in [3.63, 3.8) is 0 Å². The molecule has 2 aromatic heterocycles. The first-order valence-electron chi connectivity index (χ1n) is 11.4. The summed E-state index contributed by atoms with van der Waals surface area (Å²) in [5, 5.41) is 15.1. The van der Waals surface area contributed by atoms with Gasteiger partial charge in [0.15, 0.2) is 0 Å². The van der Waals surface area contributed by atoms with E-state index < -0.39 is 11.7 Å². The zero-order chi connectivity index (χ0) is 27.2. The number of alkyl carbamates (subject to hydrolysis) is 1. The molecule has 0 atom stereocenters. The van der Waals surface area contributed by atoms with E-state index in [1.54, 1.807) is 31.6 Å². The molecule has 2 aromatic carbocycles. The first-order valence-corrected chi connectivity index (χ1v) is 11.4. The molecular formula is C27H30N6O4. The number of nitrogens with one attached hydrogen (secondary N) is 1. The Kier molecular flexibility index (Phi) is 8.19. The number of nitrogens with two attached hydrogens (primary N) is 2. The number of rotatable bonds is 4. The number of nitrogens with zero attached hydrogens (tertiary/aromatic N) is 3. The molecule has 0 bridgehead atoms. The number of carbonyl (C=O) groups excluding carboxylic acids is 1. The van der Waals surface area contributed by atoms with Crippen LogP contribution in [0.5, 0.6) is 11.5 Å². The number of amides is 1. The molecule has 0 saturated carbocycles. The Hall–Kier alpha value is -4.78. The molecule has 0 radical (unpaired) electrons. The molecule has 2 heterocycles. The highest BCUT2D eigenvalue weighted by atomic mass is 16.6. The summed E-state index contributed by atoms with van der Waals surface area (Å²) in [6.07, 6.45) is 2.80. The third-order valence-corrected chi connectivity index (χ3v) is 5.25. The second-order valence-corrected chi connectivity index (χ2v) is 9.02. The number of ether oxygens (including phenoxy) is 3. The monoisotopic (exact) mass is 502 g/mol. The number of fused-ring (bicyclic) bond motifs is 2. The molecule has 4 rings (SSSR count). The van der Waals surface area contributed by atoms with Crippen LogP contribution in [0.2, 0.25) is 0 Å². The van der Waals surface area contributed by atoms with Crippen molar-refractivity contribution in [2.24, 2.45) is 0 Å². The number of carbonyl (C=O) groups is 1. The van der Waals surface area contributed by atoms with Gasteiger partial charge >= 0.3 is 6.09 Å². The Balaban J connectivity index is 0.000000220. The second kappa shape index (κ2) is 11.3. The third-order valence-electron chi connectivity index (χ3n) is 5.25. The van der Waals surface area contributed by atoms with Gasteiger partial charge in [0.2, 0.25) is 0 Å². The van der Waals surface area contributed by atoms with E-state index in [0.29, 0.717) is 35.2 Å². The lowest BCUT2D eigenvalue weighted by atomic mass is 10.1. The van der Waals surface area contributed by atoms with Crippen molar-refractivity contribution >= 4 is 39.3 Å². The normalized spacial score (nSPS) is 10.7. The number of methoxy groups -OCH3 is 2. The Labute approximate surface area is 215 Å². The average Bonchev–Trinajstić information content (AvgIpc) is 2.86. The molecular weight excluding hydrogens is 472 g/mol. The molecule has 0 saturated heterocycles. The van der Waals surface area contributed by atoms with Crippen LogP contribution in [0.1, 0.15) is 31.9 Å². The molecule has 0 fully saturated rings. The molecule has 37 heavy (non-hydrogen) atoms. The Morgan fingerprint density at radius 3 is 2.00 bits per heavy atom. The second-order valence-electron chi connectivity index (χ2n) is 9.02. The summed E-state index contributed by atoms with van der Waals surface area (Å²) in [7, 11) is 3.10. The lowest BCUT2D eigenvalue weighted by Gasteiger charge is -2.20. The number of benzene rings is 2. The molecule has 4 aromatic rings. The summed E-state index contributed by atoms with van der Waals surface area (Å²) in [4.78, 5) is 19.8. The highest BCUT2D eigenvalue weighted by Crippen LogP contribution is 2.29. The number of aromatic nitrogens is 2. The highest BCUT2D eigenvalue weighted by Gasteiger charge is 2.16. The molecule has 0 aliphatic carbocycles. The number of nitriles is 1. The summed E-state index contributed by atoms with van der Waals surface area (Å²) >= 11 is 0. The number of hydrogen-bond donors (Lipinski definition) is 3. The van der Waals surface area contributed by atoms with E-state index in [4.69, 9.17) is 30.9 Å². The predicted molar refractivity (Wildman–Crippen MR) is 143 cm³/mol. The molecule has 1 amide bonds. The lowest BCUT2D eigenvalue weighted by Crippen LogP contribution is -2.32. The molecule has 0 spiro atoms. The molecule has 0 aliphatic heterocycles. The Bertz CT molecular complexity index is 1470. The van der Waals surface area contributed by atoms with E-state index in [-0.39, 0.29) is 0 Å². The largest absolute Gasteiger partial charge is 0.496 e. The maximum Gasteiger partial charge on any atom is 0.407 e. The van der Waals surface area contributed by atoms with E-state index in [1.165, 1.54) is 7.11 Å². The summed E-state index contributed by atoms with van der Waals surface area (Å²) in [6, 6.07) is 13.0. The van der Waals surface area contributed by atoms with E-state index in [9.17, 15) is 4.79 Å². The fraction of sp³-hybridized carbons (Fsp3) is 0.259. The van der Waals surface area contributed by atoms with Gasteiger partial charge in [0.25, 0.3) is 0 Å². The van der Waals surface area contributed by atoms with E-state index in [1.807, 2.05) is 45.0 Å². The van der Waals surface area contributed by atoms with Crippen LogP contribution in [0, 0.1) is 11.3 Å². The van der Waals surface area contributed by atoms with Crippen molar-refractivity contribution in [1.29, 1.82) is 5.26 Å². The molecule has 0 unspecified atom stereocenters. The first-order chi connectivity index (χ1) is 17.6. The van der Waals surface area contributed by atoms with Gasteiger partial charge in [0.05, 0.1) is 19.8 Å². The number of anilines is 2. The molecule has 10 heteroatoms. The molecule has 10 nitrogen and oxygen atoms in total. The SMILES string of the molecule is COc1cc2c(N)nccc2cc1C#N.COc1cc2c(N)nccc2cc1CNC(=O)OC(C)(C)C. The standard InChI is InChI=1S/C16H21N3O3.C11H9N3O/c1-16(2,3)22-15(20)19-9-11-7-10-5-6-18-14(17)12(10)8-13(11)21-4;1-15-10-5-9-7(4-8(10)6-12)2-3-14-11(9)13/h5-8H,9H2,1-4H3,(H2,17,18)(H,19,20);2-5H,1H3,(H2,13,14). The summed E-state index contributed by atoms with van der Waals surface area (Å²) in [5.74, 6) is 2.05. The maximum atomic E-state index is 11.7. The highest BCUT2D eigenvalue weighted by molar-refractivity contribution is 5.93. The zero-order valence-electron chi connectivity index (χ0n) is 21.5. The molecule has 5 N–H and O–H groups in total. The van der Waals surface area contributed by atoms with Crippen LogP contribution in [-0.2, 0) is 11.3 Å². The van der Waals surface area contributed by atoms with Crippen LogP contribution in [0.25, 0.3) is 21.5 Å². The van der Waals surface area contributed by atoms with Gasteiger partial charge in [-0.25, -0.2) is 14.8 Å². The van der Waals surface area contributed by atoms with Gasteiger partial charge in [-0.2, -0.15) is 5.26 Å². The third kappa shape index (κ3) is 6.67. The number of nitrogen functional groups attached to an aromatic ring is 2. The summed E-state index contributed by atoms with van der Waals surface area (Å²) in [6.45, 7) is 5.76. The number of pyridine rings is 2. The predicted octanol–water partition coefficient (Wildman–Crippen LogP) is 4.55. The Morgan fingerprint density at radius 1 is 0.946 bits per heavy atom. The fourth-order valence-corrected chi connectivity index (χ4v) is 3.56. The average molecular weight is 503 g/mol. The maximum absolute atomic E-state index is 11.7. The zero-order valence-corrected chi connectivity index (χ0v) is 21.5. The van der Waals surface area contributed by atoms with Crippen molar-refractivity contribution in [2.45, 2.75) is 32.9 Å². The van der Waals surface area contributed by atoms with Crippen molar-refractivity contribution in [3.05, 3.63) is 59.9 Å². The van der Waals surface area contributed by atoms with E-state index >= 15 is 0 Å². The van der Waals surface area contributed by atoms with Crippen molar-refractivity contribution in [3.8, 4) is 17.6 Å². The topological polar surface area (TPSA) is 158 Å². The van der Waals surface area contributed by atoms with E-state index in [0.717, 1.165) is 27.1 Å². The van der Waals surface area contributed by atoms with Crippen molar-refractivity contribution in [1.82, 2.24) is 15.3 Å². The minimum absolute atomic E-state index is 0.302. The fourth-order valence-electron chi connectivity index (χ4n) is 3.56. The minimum Gasteiger partial charge on any atom is -0.496 e. The van der Waals surface area contributed by atoms with Crippen molar-refractivity contribution < 1.29 is 19.0 Å². The van der Waals surface area contributed by atoms with Crippen LogP contribution in [0.4, 0.5) is 16.4 Å². The first kappa shape index (κ1) is 26.8. The van der Waals surface area contributed by atoms with Crippen LogP contribution >= 0.6 is 0 Å². The quantitative estimate of drug-likeness (QED) is 0.364. The molecule has 0 aliphatic rings. The van der Waals surface area contributed by atoms with E-state index in [2.05, 4.69) is 21.4 Å². The van der Waals surface area contributed by atoms with Crippen molar-refractivity contribution in [2.75, 3.05) is 25.7 Å². The van der Waals surface area contributed by atoms with Gasteiger partial charge in [0.1, 0.15) is 34.8 Å². The Morgan fingerprint density at radius 2 is 1.49 bits per heavy atom. The number of hydrogen-bond acceptors (Lipinski definition) is 9. The van der Waals surface area contributed by atoms with Crippen LogP contribution in [0.3, 0.4) is 0 Å². The van der Waals surface area contributed by atoms with Gasteiger partial charge < -0.3 is 31.0 Å². The van der Waals surface area contributed by atoms with Gasteiger partial charge in [-0.3, -0.25) is 0 Å². The van der Waals surface area contributed by atoms with Gasteiger partial charge in [0, 0.05) is 35.3 Å². The van der Waals surface area contributed by atoms with Gasteiger partial charge in [-0.05, 0) is 67.9 Å².